The summed E-state index contributed by atoms with van der Waals surface area (Å²) in [5.74, 6) is -0.538. The van der Waals surface area contributed by atoms with Gasteiger partial charge >= 0.3 is 0 Å². The van der Waals surface area contributed by atoms with E-state index in [0.29, 0.717) is 0 Å². The van der Waals surface area contributed by atoms with E-state index in [1.165, 1.54) is 24.5 Å². The molecule has 5 heteroatoms. The first kappa shape index (κ1) is 10.8. The maximum atomic E-state index is 11.9. The minimum Gasteiger partial charge on any atom is -0.507 e. The van der Waals surface area contributed by atoms with Crippen molar-refractivity contribution in [3.05, 3.63) is 53.6 Å². The molecule has 1 heterocycles. The van der Waals surface area contributed by atoms with Crippen LogP contribution in [0.5, 0.6) is 5.75 Å². The van der Waals surface area contributed by atoms with Gasteiger partial charge in [0.15, 0.2) is 5.69 Å². The number of hydrogen-bond acceptors (Lipinski definition) is 5. The van der Waals surface area contributed by atoms with E-state index in [1.54, 1.807) is 12.1 Å². The minimum absolute atomic E-state index is 0.0884. The number of aromatic hydroxyl groups is 1. The average molecular weight is 225 g/mol. The summed E-state index contributed by atoms with van der Waals surface area (Å²) in [6.07, 6.45) is 2.43. The highest BCUT2D eigenvalue weighted by Gasteiger charge is 2.14. The Morgan fingerprint density at radius 2 is 2.00 bits per heavy atom. The lowest BCUT2D eigenvalue weighted by atomic mass is 10.1. The molecule has 1 aromatic heterocycles. The fourth-order valence-corrected chi connectivity index (χ4v) is 1.31. The number of nitriles is 1. The number of carbonyl (C=O) groups excluding carboxylic acids is 1. The molecule has 0 aliphatic heterocycles. The number of benzene rings is 1. The summed E-state index contributed by atoms with van der Waals surface area (Å²) in [6.45, 7) is 0. The lowest BCUT2D eigenvalue weighted by Gasteiger charge is -2.02. The standard InChI is InChI=1S/C12H7N3O2/c13-5-8-6-15-10(7-14-8)12(17)9-3-1-2-4-11(9)16/h1-4,6-7,16H. The van der Waals surface area contributed by atoms with Gasteiger partial charge in [-0.1, -0.05) is 12.1 Å². The van der Waals surface area contributed by atoms with E-state index in [-0.39, 0.29) is 22.7 Å². The Morgan fingerprint density at radius 3 is 2.59 bits per heavy atom. The number of ketones is 1. The topological polar surface area (TPSA) is 86.9 Å². The van der Waals surface area contributed by atoms with Gasteiger partial charge in [0.1, 0.15) is 17.5 Å². The average Bonchev–Trinajstić information content (AvgIpc) is 2.39. The number of aromatic nitrogens is 2. The first-order chi connectivity index (χ1) is 8.22. The fourth-order valence-electron chi connectivity index (χ4n) is 1.31. The number of para-hydroxylation sites is 1. The predicted octanol–water partition coefficient (Wildman–Crippen LogP) is 1.28. The lowest BCUT2D eigenvalue weighted by Crippen LogP contribution is -2.05. The van der Waals surface area contributed by atoms with Crippen LogP contribution in [0.4, 0.5) is 0 Å². The number of hydrogen-bond donors (Lipinski definition) is 1. The molecule has 0 aliphatic rings. The summed E-state index contributed by atoms with van der Waals surface area (Å²) < 4.78 is 0. The summed E-state index contributed by atoms with van der Waals surface area (Å²) in [4.78, 5) is 19.5. The molecule has 0 fully saturated rings. The molecule has 2 aromatic rings. The van der Waals surface area contributed by atoms with Crippen molar-refractivity contribution in [2.45, 2.75) is 0 Å². The summed E-state index contributed by atoms with van der Waals surface area (Å²) in [6, 6.07) is 7.99. The van der Waals surface area contributed by atoms with Crippen molar-refractivity contribution in [3.8, 4) is 11.8 Å². The highest BCUT2D eigenvalue weighted by Crippen LogP contribution is 2.18. The lowest BCUT2D eigenvalue weighted by molar-refractivity contribution is 0.103. The second-order valence-corrected chi connectivity index (χ2v) is 3.24. The van der Waals surface area contributed by atoms with Crippen LogP contribution < -0.4 is 0 Å². The van der Waals surface area contributed by atoms with Gasteiger partial charge in [0.05, 0.1) is 18.0 Å². The third kappa shape index (κ3) is 2.11. The molecular weight excluding hydrogens is 218 g/mol. The second kappa shape index (κ2) is 4.41. The van der Waals surface area contributed by atoms with Gasteiger partial charge in [-0.3, -0.25) is 4.79 Å². The van der Waals surface area contributed by atoms with E-state index in [0.717, 1.165) is 0 Å². The highest BCUT2D eigenvalue weighted by molar-refractivity contribution is 6.09. The molecular formula is C12H7N3O2. The van der Waals surface area contributed by atoms with Crippen molar-refractivity contribution >= 4 is 5.78 Å². The van der Waals surface area contributed by atoms with Crippen LogP contribution in [-0.4, -0.2) is 20.9 Å². The van der Waals surface area contributed by atoms with Crippen molar-refractivity contribution in [1.29, 1.82) is 5.26 Å². The van der Waals surface area contributed by atoms with Gasteiger partial charge in [0, 0.05) is 0 Å². The number of carbonyl (C=O) groups is 1. The number of nitrogens with zero attached hydrogens (tertiary/aromatic N) is 3. The Morgan fingerprint density at radius 1 is 1.24 bits per heavy atom. The summed E-state index contributed by atoms with van der Waals surface area (Å²) in [5, 5.41) is 18.1. The Kier molecular flexibility index (Phi) is 2.79. The highest BCUT2D eigenvalue weighted by atomic mass is 16.3. The number of phenols is 1. The van der Waals surface area contributed by atoms with E-state index >= 15 is 0 Å². The third-order valence-corrected chi connectivity index (χ3v) is 2.15. The third-order valence-electron chi connectivity index (χ3n) is 2.15. The van der Waals surface area contributed by atoms with Crippen LogP contribution in [0.2, 0.25) is 0 Å². The van der Waals surface area contributed by atoms with Gasteiger partial charge in [-0.25, -0.2) is 9.97 Å². The Bertz CT molecular complexity index is 600. The van der Waals surface area contributed by atoms with E-state index in [9.17, 15) is 9.90 Å². The van der Waals surface area contributed by atoms with E-state index in [2.05, 4.69) is 9.97 Å². The molecule has 0 spiro atoms. The fraction of sp³-hybridized carbons (Fsp3) is 0. The zero-order valence-corrected chi connectivity index (χ0v) is 8.66. The molecule has 82 valence electrons. The van der Waals surface area contributed by atoms with Crippen LogP contribution in [-0.2, 0) is 0 Å². The van der Waals surface area contributed by atoms with Crippen molar-refractivity contribution in [2.24, 2.45) is 0 Å². The van der Waals surface area contributed by atoms with Crippen LogP contribution in [0, 0.1) is 11.3 Å². The summed E-state index contributed by atoms with van der Waals surface area (Å²) >= 11 is 0. The van der Waals surface area contributed by atoms with Gasteiger partial charge in [-0.05, 0) is 12.1 Å². The first-order valence-corrected chi connectivity index (χ1v) is 4.77. The van der Waals surface area contributed by atoms with E-state index < -0.39 is 5.78 Å². The quantitative estimate of drug-likeness (QED) is 0.778. The Balaban J connectivity index is 2.38. The van der Waals surface area contributed by atoms with Gasteiger partial charge in [-0.2, -0.15) is 5.26 Å². The molecule has 0 unspecified atom stereocenters. The van der Waals surface area contributed by atoms with Gasteiger partial charge in [-0.15, -0.1) is 0 Å². The van der Waals surface area contributed by atoms with Crippen molar-refractivity contribution in [2.75, 3.05) is 0 Å². The normalized spacial score (nSPS) is 9.59. The second-order valence-electron chi connectivity index (χ2n) is 3.24. The van der Waals surface area contributed by atoms with Gasteiger partial charge in [0.25, 0.3) is 0 Å². The van der Waals surface area contributed by atoms with Crippen molar-refractivity contribution < 1.29 is 9.90 Å². The molecule has 0 aliphatic carbocycles. The SMILES string of the molecule is N#Cc1cnc(C(=O)c2ccccc2O)cn1. The molecule has 0 saturated carbocycles. The minimum atomic E-state index is -0.430. The summed E-state index contributed by atoms with van der Waals surface area (Å²) in [5.41, 5.74) is 0.385. The predicted molar refractivity (Wildman–Crippen MR) is 58.3 cm³/mol. The molecule has 0 amide bonds. The molecule has 1 N–H and O–H groups in total. The van der Waals surface area contributed by atoms with Crippen LogP contribution in [0.1, 0.15) is 21.7 Å². The molecule has 5 nitrogen and oxygen atoms in total. The number of rotatable bonds is 2. The molecule has 0 bridgehead atoms. The molecule has 0 radical (unpaired) electrons. The Labute approximate surface area is 97.0 Å². The smallest absolute Gasteiger partial charge is 0.216 e. The molecule has 0 atom stereocenters. The van der Waals surface area contributed by atoms with Crippen LogP contribution in [0.15, 0.2) is 36.7 Å². The number of phenolic OH excluding ortho intramolecular Hbond substituents is 1. The van der Waals surface area contributed by atoms with Gasteiger partial charge < -0.3 is 5.11 Å². The van der Waals surface area contributed by atoms with Gasteiger partial charge in [0.2, 0.25) is 5.78 Å². The largest absolute Gasteiger partial charge is 0.507 e. The van der Waals surface area contributed by atoms with Crippen LogP contribution >= 0.6 is 0 Å². The van der Waals surface area contributed by atoms with E-state index in [1.807, 2.05) is 6.07 Å². The zero-order chi connectivity index (χ0) is 12.3. The molecule has 17 heavy (non-hydrogen) atoms. The molecule has 2 rings (SSSR count). The van der Waals surface area contributed by atoms with Crippen LogP contribution in [0.3, 0.4) is 0 Å². The molecule has 0 saturated heterocycles. The Hall–Kier alpha value is -2.74. The van der Waals surface area contributed by atoms with Crippen molar-refractivity contribution in [3.63, 3.8) is 0 Å². The monoisotopic (exact) mass is 225 g/mol. The zero-order valence-electron chi connectivity index (χ0n) is 8.66. The van der Waals surface area contributed by atoms with Crippen LogP contribution in [0.25, 0.3) is 0 Å². The summed E-state index contributed by atoms with van der Waals surface area (Å²) in [7, 11) is 0. The maximum absolute atomic E-state index is 11.9. The van der Waals surface area contributed by atoms with Crippen molar-refractivity contribution in [1.82, 2.24) is 9.97 Å². The van der Waals surface area contributed by atoms with E-state index in [4.69, 9.17) is 5.26 Å². The first-order valence-electron chi connectivity index (χ1n) is 4.77. The maximum Gasteiger partial charge on any atom is 0.216 e. The molecule has 1 aromatic carbocycles.